The molecule has 2 aromatic heterocycles. The van der Waals surface area contributed by atoms with Crippen molar-refractivity contribution in [1.29, 1.82) is 0 Å². The summed E-state index contributed by atoms with van der Waals surface area (Å²) in [5.74, 6) is -0.541. The molecule has 0 aliphatic rings. The number of anilines is 1. The van der Waals surface area contributed by atoms with Crippen LogP contribution in [-0.2, 0) is 16.1 Å². The number of esters is 2. The molecule has 0 fully saturated rings. The van der Waals surface area contributed by atoms with Crippen molar-refractivity contribution in [1.82, 2.24) is 9.97 Å². The van der Waals surface area contributed by atoms with Gasteiger partial charge in [-0.2, -0.15) is 4.98 Å². The van der Waals surface area contributed by atoms with Crippen molar-refractivity contribution in [2.75, 3.05) is 12.3 Å². The van der Waals surface area contributed by atoms with Crippen LogP contribution in [0.5, 0.6) is 0 Å². The zero-order chi connectivity index (χ0) is 22.7. The fraction of sp³-hybridized carbons (Fsp3) is 0.167. The van der Waals surface area contributed by atoms with Gasteiger partial charge >= 0.3 is 11.9 Å². The zero-order valence-electron chi connectivity index (χ0n) is 17.6. The summed E-state index contributed by atoms with van der Waals surface area (Å²) in [6.45, 7) is 3.34. The summed E-state index contributed by atoms with van der Waals surface area (Å²) in [6.07, 6.45) is 0. The number of rotatable bonds is 6. The topological polar surface area (TPSA) is 118 Å². The van der Waals surface area contributed by atoms with E-state index in [1.165, 1.54) is 0 Å². The number of aromatic nitrogens is 2. The van der Waals surface area contributed by atoms with Crippen LogP contribution in [-0.4, -0.2) is 28.5 Å². The average Bonchev–Trinajstić information content (AvgIpc) is 3.14. The molecule has 2 N–H and O–H groups in total. The third-order valence-electron chi connectivity index (χ3n) is 4.84. The highest BCUT2D eigenvalue weighted by molar-refractivity contribution is 6.07. The summed E-state index contributed by atoms with van der Waals surface area (Å²) in [7, 11) is 0. The largest absolute Gasteiger partial charge is 0.462 e. The lowest BCUT2D eigenvalue weighted by Gasteiger charge is -2.07. The van der Waals surface area contributed by atoms with Gasteiger partial charge in [0, 0.05) is 0 Å². The second kappa shape index (κ2) is 8.89. The molecular weight excluding hydrogens is 410 g/mol. The molecule has 4 rings (SSSR count). The fourth-order valence-electron chi connectivity index (χ4n) is 3.34. The number of hydrogen-bond acceptors (Lipinski definition) is 8. The van der Waals surface area contributed by atoms with E-state index in [0.29, 0.717) is 11.3 Å². The molecule has 4 aromatic rings. The van der Waals surface area contributed by atoms with Crippen LogP contribution < -0.4 is 5.73 Å². The Labute approximate surface area is 184 Å². The normalized spacial score (nSPS) is 10.8. The molecule has 32 heavy (non-hydrogen) atoms. The summed E-state index contributed by atoms with van der Waals surface area (Å²) in [4.78, 5) is 33.0. The van der Waals surface area contributed by atoms with Gasteiger partial charge < -0.3 is 19.6 Å². The van der Waals surface area contributed by atoms with E-state index in [-0.39, 0.29) is 41.5 Å². The number of nitrogen functional groups attached to an aromatic ring is 1. The summed E-state index contributed by atoms with van der Waals surface area (Å²) >= 11 is 0. The molecule has 0 aliphatic heterocycles. The first kappa shape index (κ1) is 21.0. The van der Waals surface area contributed by atoms with Crippen molar-refractivity contribution in [3.63, 3.8) is 0 Å². The number of nitrogens with two attached hydrogens (primary N) is 1. The minimum absolute atomic E-state index is 0.0492. The highest BCUT2D eigenvalue weighted by Crippen LogP contribution is 2.29. The van der Waals surface area contributed by atoms with Gasteiger partial charge in [-0.3, -0.25) is 0 Å². The summed E-state index contributed by atoms with van der Waals surface area (Å²) < 4.78 is 15.9. The maximum atomic E-state index is 12.4. The quantitative estimate of drug-likeness (QED) is 0.449. The Morgan fingerprint density at radius 3 is 2.31 bits per heavy atom. The van der Waals surface area contributed by atoms with E-state index in [1.807, 2.05) is 42.5 Å². The highest BCUT2D eigenvalue weighted by Gasteiger charge is 2.24. The Kier molecular flexibility index (Phi) is 5.85. The third kappa shape index (κ3) is 4.15. The smallest absolute Gasteiger partial charge is 0.342 e. The van der Waals surface area contributed by atoms with Gasteiger partial charge in [-0.1, -0.05) is 42.5 Å². The standard InChI is InChI=1S/C24H21N3O5/c1-3-30-24(29)19-14(2)32-22-20(19)21(25)26-18(27-22)13-31-23(28)17-11-9-16(10-12-17)15-7-5-4-6-8-15/h4-12H,3,13H2,1-2H3,(H2,25,26,27). The lowest BCUT2D eigenvalue weighted by molar-refractivity contribution is 0.0461. The van der Waals surface area contributed by atoms with Crippen molar-refractivity contribution >= 4 is 28.9 Å². The summed E-state index contributed by atoms with van der Waals surface area (Å²) in [5.41, 5.74) is 8.82. The molecule has 8 heteroatoms. The number of aryl methyl sites for hydroxylation is 1. The van der Waals surface area contributed by atoms with E-state index in [9.17, 15) is 9.59 Å². The monoisotopic (exact) mass is 431 g/mol. The number of carbonyl (C=O) groups is 2. The molecule has 0 atom stereocenters. The molecule has 162 valence electrons. The Balaban J connectivity index is 1.49. The number of carbonyl (C=O) groups excluding carboxylic acids is 2. The van der Waals surface area contributed by atoms with Gasteiger partial charge in [0.25, 0.3) is 0 Å². The van der Waals surface area contributed by atoms with Crippen LogP contribution in [0, 0.1) is 6.92 Å². The number of benzene rings is 2. The minimum atomic E-state index is -0.558. The van der Waals surface area contributed by atoms with Gasteiger partial charge in [-0.15, -0.1) is 0 Å². The van der Waals surface area contributed by atoms with Gasteiger partial charge in [-0.05, 0) is 37.1 Å². The fourth-order valence-corrected chi connectivity index (χ4v) is 3.34. The van der Waals surface area contributed by atoms with Crippen molar-refractivity contribution in [3.05, 3.63) is 77.3 Å². The van der Waals surface area contributed by atoms with Gasteiger partial charge in [0.05, 0.1) is 17.6 Å². The number of hydrogen-bond donors (Lipinski definition) is 1. The second-order valence-corrected chi connectivity index (χ2v) is 6.98. The van der Waals surface area contributed by atoms with Gasteiger partial charge in [-0.25, -0.2) is 14.6 Å². The van der Waals surface area contributed by atoms with Crippen molar-refractivity contribution in [2.45, 2.75) is 20.5 Å². The van der Waals surface area contributed by atoms with Gasteiger partial charge in [0.2, 0.25) is 5.71 Å². The zero-order valence-corrected chi connectivity index (χ0v) is 17.6. The van der Waals surface area contributed by atoms with Crippen molar-refractivity contribution in [3.8, 4) is 11.1 Å². The summed E-state index contributed by atoms with van der Waals surface area (Å²) in [5, 5.41) is 0.285. The van der Waals surface area contributed by atoms with E-state index in [1.54, 1.807) is 26.0 Å². The van der Waals surface area contributed by atoms with E-state index >= 15 is 0 Å². The van der Waals surface area contributed by atoms with Crippen LogP contribution in [0.15, 0.2) is 59.0 Å². The second-order valence-electron chi connectivity index (χ2n) is 6.98. The van der Waals surface area contributed by atoms with E-state index < -0.39 is 11.9 Å². The van der Waals surface area contributed by atoms with Crippen LogP contribution >= 0.6 is 0 Å². The molecule has 0 amide bonds. The molecule has 0 bridgehead atoms. The predicted molar refractivity (Wildman–Crippen MR) is 118 cm³/mol. The van der Waals surface area contributed by atoms with Crippen LogP contribution in [0.2, 0.25) is 0 Å². The first-order valence-electron chi connectivity index (χ1n) is 10.0. The lowest BCUT2D eigenvalue weighted by Crippen LogP contribution is -2.10. The van der Waals surface area contributed by atoms with Crippen LogP contribution in [0.4, 0.5) is 5.82 Å². The molecule has 8 nitrogen and oxygen atoms in total. The molecule has 2 heterocycles. The molecule has 0 radical (unpaired) electrons. The predicted octanol–water partition coefficient (Wildman–Crippen LogP) is 4.31. The Morgan fingerprint density at radius 1 is 0.938 bits per heavy atom. The maximum Gasteiger partial charge on any atom is 0.342 e. The van der Waals surface area contributed by atoms with E-state index in [4.69, 9.17) is 19.6 Å². The maximum absolute atomic E-state index is 12.4. The molecule has 0 unspecified atom stereocenters. The van der Waals surface area contributed by atoms with Gasteiger partial charge in [0.15, 0.2) is 12.4 Å². The molecule has 0 saturated heterocycles. The molecule has 0 saturated carbocycles. The molecule has 0 aliphatic carbocycles. The van der Waals surface area contributed by atoms with Crippen LogP contribution in [0.25, 0.3) is 22.2 Å². The van der Waals surface area contributed by atoms with E-state index in [0.717, 1.165) is 11.1 Å². The molecular formula is C24H21N3O5. The first-order valence-corrected chi connectivity index (χ1v) is 10.0. The van der Waals surface area contributed by atoms with Crippen LogP contribution in [0.3, 0.4) is 0 Å². The summed E-state index contributed by atoms with van der Waals surface area (Å²) in [6, 6.07) is 17.0. The minimum Gasteiger partial charge on any atom is -0.462 e. The number of fused-ring (bicyclic) bond motifs is 1. The van der Waals surface area contributed by atoms with Crippen molar-refractivity contribution in [2.24, 2.45) is 0 Å². The lowest BCUT2D eigenvalue weighted by atomic mass is 10.0. The first-order chi connectivity index (χ1) is 15.5. The third-order valence-corrected chi connectivity index (χ3v) is 4.84. The highest BCUT2D eigenvalue weighted by atomic mass is 16.5. The molecule has 2 aromatic carbocycles. The SMILES string of the molecule is CCOC(=O)c1c(C)oc2nc(COC(=O)c3ccc(-c4ccccc4)cc3)nc(N)c12. The van der Waals surface area contributed by atoms with Crippen molar-refractivity contribution < 1.29 is 23.5 Å². The Hall–Kier alpha value is -4.20. The Bertz CT molecular complexity index is 1280. The average molecular weight is 431 g/mol. The Morgan fingerprint density at radius 2 is 1.62 bits per heavy atom. The number of ether oxygens (including phenoxy) is 2. The number of nitrogens with zero attached hydrogens (tertiary/aromatic N) is 2. The van der Waals surface area contributed by atoms with Crippen LogP contribution in [0.1, 0.15) is 39.2 Å². The van der Waals surface area contributed by atoms with E-state index in [2.05, 4.69) is 9.97 Å². The number of furan rings is 1. The van der Waals surface area contributed by atoms with Gasteiger partial charge in [0.1, 0.15) is 17.1 Å². The molecule has 0 spiro atoms.